The second-order valence-electron chi connectivity index (χ2n) is 7.76. The molecule has 1 fully saturated rings. The predicted octanol–water partition coefficient (Wildman–Crippen LogP) is 2.97. The Kier molecular flexibility index (Phi) is 6.27. The molecule has 8 heteroatoms. The molecule has 0 spiro atoms. The highest BCUT2D eigenvalue weighted by Crippen LogP contribution is 2.34. The lowest BCUT2D eigenvalue weighted by molar-refractivity contribution is -0.140. The van der Waals surface area contributed by atoms with Crippen LogP contribution in [0.1, 0.15) is 48.7 Å². The maximum Gasteiger partial charge on any atom is 0.306 e. The van der Waals surface area contributed by atoms with Gasteiger partial charge in [-0.25, -0.2) is 0 Å². The van der Waals surface area contributed by atoms with Gasteiger partial charge in [0.2, 0.25) is 11.2 Å². The zero-order valence-electron chi connectivity index (χ0n) is 17.4. The Hall–Kier alpha value is -3.26. The Morgan fingerprint density at radius 2 is 1.90 bits per heavy atom. The summed E-state index contributed by atoms with van der Waals surface area (Å²) >= 11 is 0. The van der Waals surface area contributed by atoms with Crippen LogP contribution in [0.5, 0.6) is 5.75 Å². The van der Waals surface area contributed by atoms with Gasteiger partial charge in [-0.3, -0.25) is 24.5 Å². The van der Waals surface area contributed by atoms with Gasteiger partial charge in [-0.05, 0) is 43.6 Å². The number of rotatable bonds is 6. The van der Waals surface area contributed by atoms with Gasteiger partial charge in [0.25, 0.3) is 0 Å². The van der Waals surface area contributed by atoms with Crippen molar-refractivity contribution in [2.24, 2.45) is 0 Å². The van der Waals surface area contributed by atoms with Crippen molar-refractivity contribution in [3.8, 4) is 5.75 Å². The van der Waals surface area contributed by atoms with Crippen molar-refractivity contribution in [2.45, 2.75) is 38.1 Å². The summed E-state index contributed by atoms with van der Waals surface area (Å²) in [5, 5.41) is 10.6. The first-order valence-corrected chi connectivity index (χ1v) is 10.4. The molecule has 0 amide bonds. The third-order valence-corrected chi connectivity index (χ3v) is 5.64. The average molecular weight is 423 g/mol. The highest BCUT2D eigenvalue weighted by molar-refractivity contribution is 5.76. The van der Waals surface area contributed by atoms with Gasteiger partial charge >= 0.3 is 5.97 Å². The van der Waals surface area contributed by atoms with E-state index in [0.717, 1.165) is 25.9 Å². The second kappa shape index (κ2) is 9.26. The summed E-state index contributed by atoms with van der Waals surface area (Å²) in [5.41, 5.74) is 1.49. The summed E-state index contributed by atoms with van der Waals surface area (Å²) in [6, 6.07) is 6.69. The summed E-state index contributed by atoms with van der Waals surface area (Å²) in [6.07, 6.45) is 6.51. The van der Waals surface area contributed by atoms with Gasteiger partial charge in [-0.1, -0.05) is 12.5 Å². The number of nitrogens with zero attached hydrogens (tertiary/aromatic N) is 3. The quantitative estimate of drug-likeness (QED) is 0.603. The first-order chi connectivity index (χ1) is 15.0. The van der Waals surface area contributed by atoms with Crippen LogP contribution in [-0.4, -0.2) is 46.1 Å². The summed E-state index contributed by atoms with van der Waals surface area (Å²) in [6.45, 7) is 2.36. The molecule has 0 bridgehead atoms. The number of piperidine rings is 1. The van der Waals surface area contributed by atoms with Gasteiger partial charge in [-0.2, -0.15) is 0 Å². The molecule has 31 heavy (non-hydrogen) atoms. The van der Waals surface area contributed by atoms with E-state index in [9.17, 15) is 14.7 Å². The molecule has 162 valence electrons. The van der Waals surface area contributed by atoms with Crippen molar-refractivity contribution in [2.75, 3.05) is 20.2 Å². The molecule has 3 aromatic rings. The van der Waals surface area contributed by atoms with Gasteiger partial charge in [-0.15, -0.1) is 0 Å². The van der Waals surface area contributed by atoms with Crippen LogP contribution in [0.2, 0.25) is 0 Å². The van der Waals surface area contributed by atoms with E-state index in [1.165, 1.54) is 19.6 Å². The predicted molar refractivity (Wildman–Crippen MR) is 114 cm³/mol. The van der Waals surface area contributed by atoms with Crippen molar-refractivity contribution in [1.29, 1.82) is 0 Å². The topological polar surface area (TPSA) is 106 Å². The maximum absolute atomic E-state index is 12.5. The summed E-state index contributed by atoms with van der Waals surface area (Å²) in [4.78, 5) is 35.5. The largest absolute Gasteiger partial charge is 0.502 e. The van der Waals surface area contributed by atoms with Crippen LogP contribution in [0, 0.1) is 0 Å². The van der Waals surface area contributed by atoms with Crippen LogP contribution in [0.3, 0.4) is 0 Å². The van der Waals surface area contributed by atoms with Crippen LogP contribution in [0.25, 0.3) is 11.0 Å². The number of carbonyl (C=O) groups is 1. The monoisotopic (exact) mass is 423 g/mol. The van der Waals surface area contributed by atoms with Gasteiger partial charge in [0.05, 0.1) is 37.0 Å². The smallest absolute Gasteiger partial charge is 0.306 e. The number of hydrogen-bond donors (Lipinski definition) is 1. The van der Waals surface area contributed by atoms with Gasteiger partial charge in [0.1, 0.15) is 5.76 Å². The molecule has 1 N–H and O–H groups in total. The Morgan fingerprint density at radius 1 is 1.16 bits per heavy atom. The third kappa shape index (κ3) is 4.74. The number of benzene rings is 1. The van der Waals surface area contributed by atoms with Gasteiger partial charge < -0.3 is 14.3 Å². The fourth-order valence-electron chi connectivity index (χ4n) is 4.02. The minimum atomic E-state index is -0.701. The highest BCUT2D eigenvalue weighted by atomic mass is 16.5. The van der Waals surface area contributed by atoms with E-state index in [1.807, 2.05) is 0 Å². The molecule has 3 heterocycles. The van der Waals surface area contributed by atoms with Crippen molar-refractivity contribution >= 4 is 17.0 Å². The number of methoxy groups -OCH3 is 1. The van der Waals surface area contributed by atoms with Crippen LogP contribution >= 0.6 is 0 Å². The minimum Gasteiger partial charge on any atom is -0.502 e. The van der Waals surface area contributed by atoms with Gasteiger partial charge in [0.15, 0.2) is 5.76 Å². The van der Waals surface area contributed by atoms with Crippen molar-refractivity contribution in [3.63, 3.8) is 0 Å². The third-order valence-electron chi connectivity index (χ3n) is 5.64. The second-order valence-corrected chi connectivity index (χ2v) is 7.76. The van der Waals surface area contributed by atoms with E-state index in [4.69, 9.17) is 9.15 Å². The number of carbonyl (C=O) groups excluding carboxylic acids is 1. The first kappa shape index (κ1) is 21.0. The van der Waals surface area contributed by atoms with E-state index in [2.05, 4.69) is 14.9 Å². The van der Waals surface area contributed by atoms with Crippen LogP contribution in [0.4, 0.5) is 0 Å². The van der Waals surface area contributed by atoms with Crippen molar-refractivity contribution < 1.29 is 19.1 Å². The lowest BCUT2D eigenvalue weighted by atomic mass is 9.91. The number of fused-ring (bicyclic) bond motifs is 1. The molecule has 1 aliphatic heterocycles. The SMILES string of the molecule is COC(=O)C[C@@H](c1ccc2nccnc2c1)c1oc(CN2CCCCC2)cc(=O)c1O. The summed E-state index contributed by atoms with van der Waals surface area (Å²) < 4.78 is 10.9. The molecule has 1 saturated heterocycles. The Morgan fingerprint density at radius 3 is 2.65 bits per heavy atom. The number of esters is 1. The number of hydrogen-bond acceptors (Lipinski definition) is 8. The number of likely N-dealkylation sites (tertiary alicyclic amines) is 1. The van der Waals surface area contributed by atoms with Crippen molar-refractivity contribution in [3.05, 3.63) is 64.0 Å². The van der Waals surface area contributed by atoms with Crippen LogP contribution in [-0.2, 0) is 16.1 Å². The molecule has 1 aliphatic rings. The molecule has 4 rings (SSSR count). The molecule has 1 atom stereocenters. The Labute approximate surface area is 179 Å². The molecular formula is C23H25N3O5. The van der Waals surface area contributed by atoms with E-state index in [0.29, 0.717) is 28.9 Å². The zero-order valence-corrected chi connectivity index (χ0v) is 17.4. The molecule has 0 unspecified atom stereocenters. The Bertz CT molecular complexity index is 1140. The minimum absolute atomic E-state index is 0.0631. The fourth-order valence-corrected chi connectivity index (χ4v) is 4.02. The normalized spacial score (nSPS) is 15.6. The first-order valence-electron chi connectivity index (χ1n) is 10.4. The lowest BCUT2D eigenvalue weighted by Gasteiger charge is -2.26. The molecular weight excluding hydrogens is 398 g/mol. The zero-order chi connectivity index (χ0) is 21.8. The summed E-state index contributed by atoms with van der Waals surface area (Å²) in [7, 11) is 1.30. The van der Waals surface area contributed by atoms with Crippen molar-refractivity contribution in [1.82, 2.24) is 14.9 Å². The Balaban J connectivity index is 1.76. The molecule has 0 saturated carbocycles. The van der Waals surface area contributed by atoms with Crippen LogP contribution in [0.15, 0.2) is 45.9 Å². The molecule has 0 aliphatic carbocycles. The van der Waals surface area contributed by atoms with E-state index in [1.54, 1.807) is 30.6 Å². The molecule has 0 radical (unpaired) electrons. The van der Waals surface area contributed by atoms with Crippen LogP contribution < -0.4 is 5.43 Å². The number of aromatic nitrogens is 2. The number of aromatic hydroxyl groups is 1. The standard InChI is InChI=1S/C23H25N3O5/c1-30-21(28)13-17(15-5-6-18-19(11-15)25-8-7-24-18)23-22(29)20(27)12-16(31-23)14-26-9-3-2-4-10-26/h5-8,11-12,17,29H,2-4,9-10,13-14H2,1H3/t17-/m0/s1. The molecule has 2 aromatic heterocycles. The van der Waals surface area contributed by atoms with E-state index in [-0.39, 0.29) is 12.2 Å². The maximum atomic E-state index is 12.5. The van der Waals surface area contributed by atoms with E-state index < -0.39 is 23.1 Å². The van der Waals surface area contributed by atoms with E-state index >= 15 is 0 Å². The van der Waals surface area contributed by atoms with Gasteiger partial charge in [0, 0.05) is 18.5 Å². The number of ether oxygens (including phenoxy) is 1. The average Bonchev–Trinajstić information content (AvgIpc) is 2.80. The lowest BCUT2D eigenvalue weighted by Crippen LogP contribution is -2.29. The fraction of sp³-hybridized carbons (Fsp3) is 0.391. The molecule has 8 nitrogen and oxygen atoms in total. The molecule has 1 aromatic carbocycles. The summed E-state index contributed by atoms with van der Waals surface area (Å²) in [5.74, 6) is -1.14. The highest BCUT2D eigenvalue weighted by Gasteiger charge is 2.27.